The fraction of sp³-hybridized carbons (Fsp3) is 0.0909. The van der Waals surface area contributed by atoms with Crippen LogP contribution in [0.3, 0.4) is 0 Å². The number of hydrogen-bond donors (Lipinski definition) is 1. The Kier molecular flexibility index (Phi) is 5.65. The van der Waals surface area contributed by atoms with E-state index in [-0.39, 0.29) is 12.1 Å². The van der Waals surface area contributed by atoms with Gasteiger partial charge < -0.3 is 10.1 Å². The van der Waals surface area contributed by atoms with Gasteiger partial charge in [0.05, 0.1) is 5.92 Å². The molecule has 2 heteroatoms. The van der Waals surface area contributed by atoms with Crippen LogP contribution in [0.1, 0.15) is 33.7 Å². The summed E-state index contributed by atoms with van der Waals surface area (Å²) < 4.78 is 7.33. The Labute approximate surface area is 206 Å². The summed E-state index contributed by atoms with van der Waals surface area (Å²) in [6, 6.07) is 51.0. The van der Waals surface area contributed by atoms with Gasteiger partial charge in [-0.05, 0) is 28.3 Å². The molecule has 0 amide bonds. The molecule has 0 fully saturated rings. The molecular weight excluding hydrogens is 426 g/mol. The summed E-state index contributed by atoms with van der Waals surface area (Å²) in [5.74, 6) is -0.00226. The van der Waals surface area contributed by atoms with E-state index < -0.39 is 5.60 Å². The molecule has 0 bridgehead atoms. The number of nitrogens with one attached hydrogen (secondary N) is 1. The van der Waals surface area contributed by atoms with Gasteiger partial charge >= 0.3 is 0 Å². The minimum Gasteiger partial charge on any atom is -0.359 e. The summed E-state index contributed by atoms with van der Waals surface area (Å²) in [7, 11) is 0. The second-order valence-electron chi connectivity index (χ2n) is 8.94. The van der Waals surface area contributed by atoms with Crippen LogP contribution in [0.25, 0.3) is 0 Å². The van der Waals surface area contributed by atoms with Gasteiger partial charge in [0.25, 0.3) is 0 Å². The monoisotopic (exact) mass is 453 g/mol. The first-order valence-electron chi connectivity index (χ1n) is 12.1. The summed E-state index contributed by atoms with van der Waals surface area (Å²) in [5, 5.41) is 3.77. The van der Waals surface area contributed by atoms with Crippen LogP contribution in [-0.2, 0) is 10.3 Å². The van der Waals surface area contributed by atoms with Crippen molar-refractivity contribution in [3.8, 4) is 0 Å². The number of fused-ring (bicyclic) bond motifs is 1. The van der Waals surface area contributed by atoms with Gasteiger partial charge in [-0.1, -0.05) is 140 Å². The molecule has 2 nitrogen and oxygen atoms in total. The van der Waals surface area contributed by atoms with Crippen molar-refractivity contribution in [3.05, 3.63) is 173 Å². The number of benzene rings is 5. The topological polar surface area (TPSA) is 21.3 Å². The average molecular weight is 454 g/mol. The van der Waals surface area contributed by atoms with Crippen molar-refractivity contribution >= 4 is 5.69 Å². The third kappa shape index (κ3) is 3.82. The summed E-state index contributed by atoms with van der Waals surface area (Å²) in [6.45, 7) is 0. The highest BCUT2D eigenvalue weighted by molar-refractivity contribution is 5.64. The molecule has 0 saturated carbocycles. The van der Waals surface area contributed by atoms with E-state index in [1.807, 2.05) is 0 Å². The standard InChI is InChI=1S/C33H27NO/c1-5-15-25(16-6-1)31(26-17-7-2-8-18-26)32-34-30-24-14-13-23-29(30)33(35-32,27-19-9-3-10-20-27)28-21-11-4-12-22-28/h1-24,31-32,34H. The number of hydrogen-bond acceptors (Lipinski definition) is 2. The summed E-state index contributed by atoms with van der Waals surface area (Å²) >= 11 is 0. The maximum Gasteiger partial charge on any atom is 0.148 e. The van der Waals surface area contributed by atoms with Gasteiger partial charge in [-0.15, -0.1) is 0 Å². The molecule has 170 valence electrons. The van der Waals surface area contributed by atoms with Gasteiger partial charge in [0.15, 0.2) is 0 Å². The van der Waals surface area contributed by atoms with Crippen LogP contribution in [0.2, 0.25) is 0 Å². The first-order valence-corrected chi connectivity index (χ1v) is 12.1. The van der Waals surface area contributed by atoms with Crippen molar-refractivity contribution in [1.82, 2.24) is 0 Å². The molecule has 1 heterocycles. The number of anilines is 1. The lowest BCUT2D eigenvalue weighted by atomic mass is 9.77. The minimum absolute atomic E-state index is 0.00226. The van der Waals surface area contributed by atoms with Crippen molar-refractivity contribution in [2.24, 2.45) is 0 Å². The smallest absolute Gasteiger partial charge is 0.148 e. The van der Waals surface area contributed by atoms with E-state index in [0.29, 0.717) is 0 Å². The zero-order valence-corrected chi connectivity index (χ0v) is 19.4. The zero-order chi connectivity index (χ0) is 23.5. The van der Waals surface area contributed by atoms with Crippen LogP contribution in [0.15, 0.2) is 146 Å². The van der Waals surface area contributed by atoms with Crippen LogP contribution in [0.4, 0.5) is 5.69 Å². The van der Waals surface area contributed by atoms with E-state index in [9.17, 15) is 0 Å². The van der Waals surface area contributed by atoms with Crippen LogP contribution in [0, 0.1) is 0 Å². The summed E-state index contributed by atoms with van der Waals surface area (Å²) in [6.07, 6.45) is -0.296. The van der Waals surface area contributed by atoms with Crippen LogP contribution in [0.5, 0.6) is 0 Å². The van der Waals surface area contributed by atoms with E-state index in [1.54, 1.807) is 0 Å². The molecular formula is C33H27NO. The van der Waals surface area contributed by atoms with Crippen LogP contribution in [-0.4, -0.2) is 6.23 Å². The third-order valence-corrected chi connectivity index (χ3v) is 6.89. The van der Waals surface area contributed by atoms with E-state index in [4.69, 9.17) is 4.74 Å². The molecule has 1 unspecified atom stereocenters. The maximum atomic E-state index is 7.33. The molecule has 6 rings (SSSR count). The highest BCUT2D eigenvalue weighted by Gasteiger charge is 2.46. The van der Waals surface area contributed by atoms with Gasteiger partial charge in [0.1, 0.15) is 11.8 Å². The highest BCUT2D eigenvalue weighted by atomic mass is 16.5. The Morgan fingerprint density at radius 1 is 0.514 bits per heavy atom. The molecule has 1 atom stereocenters. The number of rotatable bonds is 5. The second kappa shape index (κ2) is 9.25. The molecule has 1 N–H and O–H groups in total. The van der Waals surface area contributed by atoms with E-state index in [0.717, 1.165) is 22.4 Å². The number of para-hydroxylation sites is 1. The van der Waals surface area contributed by atoms with Crippen molar-refractivity contribution in [2.75, 3.05) is 5.32 Å². The molecule has 5 aromatic rings. The second-order valence-corrected chi connectivity index (χ2v) is 8.94. The van der Waals surface area contributed by atoms with Crippen LogP contribution >= 0.6 is 0 Å². The van der Waals surface area contributed by atoms with E-state index >= 15 is 0 Å². The molecule has 0 radical (unpaired) electrons. The molecule has 0 saturated heterocycles. The van der Waals surface area contributed by atoms with Gasteiger partial charge in [-0.2, -0.15) is 0 Å². The van der Waals surface area contributed by atoms with Gasteiger partial charge in [0, 0.05) is 11.3 Å². The van der Waals surface area contributed by atoms with Crippen molar-refractivity contribution in [2.45, 2.75) is 17.7 Å². The zero-order valence-electron chi connectivity index (χ0n) is 19.4. The lowest BCUT2D eigenvalue weighted by Crippen LogP contribution is -2.47. The lowest BCUT2D eigenvalue weighted by molar-refractivity contribution is -0.0482. The first kappa shape index (κ1) is 21.4. The SMILES string of the molecule is c1ccc(C(c2ccccc2)C2Nc3ccccc3C(c3ccccc3)(c3ccccc3)O2)cc1. The molecule has 1 aliphatic heterocycles. The Balaban J connectivity index is 1.60. The quantitative estimate of drug-likeness (QED) is 0.296. The van der Waals surface area contributed by atoms with E-state index in [2.05, 4.69) is 151 Å². The van der Waals surface area contributed by atoms with Crippen molar-refractivity contribution in [3.63, 3.8) is 0 Å². The largest absolute Gasteiger partial charge is 0.359 e. The Morgan fingerprint density at radius 3 is 1.46 bits per heavy atom. The average Bonchev–Trinajstić information content (AvgIpc) is 2.95. The Hall–Kier alpha value is -4.14. The van der Waals surface area contributed by atoms with Gasteiger partial charge in [-0.25, -0.2) is 0 Å². The fourth-order valence-electron chi connectivity index (χ4n) is 5.33. The third-order valence-electron chi connectivity index (χ3n) is 6.89. The molecule has 5 aromatic carbocycles. The molecule has 0 aromatic heterocycles. The predicted octanol–water partition coefficient (Wildman–Crippen LogP) is 7.58. The Morgan fingerprint density at radius 2 is 0.943 bits per heavy atom. The number of ether oxygens (including phenoxy) is 1. The lowest BCUT2D eigenvalue weighted by Gasteiger charge is -2.46. The fourth-order valence-corrected chi connectivity index (χ4v) is 5.33. The Bertz CT molecular complexity index is 1310. The summed E-state index contributed by atoms with van der Waals surface area (Å²) in [4.78, 5) is 0. The normalized spacial score (nSPS) is 16.3. The summed E-state index contributed by atoms with van der Waals surface area (Å²) in [5.41, 5.74) is 6.12. The molecule has 0 spiro atoms. The highest BCUT2D eigenvalue weighted by Crippen LogP contribution is 2.49. The maximum absolute atomic E-state index is 7.33. The predicted molar refractivity (Wildman–Crippen MR) is 142 cm³/mol. The van der Waals surface area contributed by atoms with Crippen molar-refractivity contribution in [1.29, 1.82) is 0 Å². The molecule has 1 aliphatic rings. The minimum atomic E-state index is -0.753. The van der Waals surface area contributed by atoms with Gasteiger partial charge in [-0.3, -0.25) is 0 Å². The van der Waals surface area contributed by atoms with Crippen molar-refractivity contribution < 1.29 is 4.74 Å². The molecule has 0 aliphatic carbocycles. The van der Waals surface area contributed by atoms with Gasteiger partial charge in [0.2, 0.25) is 0 Å². The first-order chi connectivity index (χ1) is 17.4. The van der Waals surface area contributed by atoms with Crippen LogP contribution < -0.4 is 5.32 Å². The van der Waals surface area contributed by atoms with E-state index in [1.165, 1.54) is 11.1 Å². The molecule has 35 heavy (non-hydrogen) atoms.